The Labute approximate surface area is 198 Å². The highest BCUT2D eigenvalue weighted by Gasteiger charge is 2.29. The number of aryl methyl sites for hydroxylation is 1. The van der Waals surface area contributed by atoms with Gasteiger partial charge in [0, 0.05) is 24.4 Å². The van der Waals surface area contributed by atoms with Crippen LogP contribution in [0.5, 0.6) is 11.5 Å². The topological polar surface area (TPSA) is 135 Å². The van der Waals surface area contributed by atoms with E-state index < -0.39 is 9.84 Å². The number of ether oxygens (including phenoxy) is 2. The molecule has 0 unspecified atom stereocenters. The van der Waals surface area contributed by atoms with E-state index >= 15 is 0 Å². The van der Waals surface area contributed by atoms with Crippen LogP contribution in [0, 0.1) is 5.92 Å². The van der Waals surface area contributed by atoms with E-state index in [9.17, 15) is 13.2 Å². The van der Waals surface area contributed by atoms with E-state index in [4.69, 9.17) is 9.47 Å². The molecule has 1 aliphatic rings. The number of rotatable bonds is 9. The molecule has 1 aromatic carbocycles. The van der Waals surface area contributed by atoms with Crippen molar-refractivity contribution in [3.8, 4) is 11.5 Å². The van der Waals surface area contributed by atoms with Gasteiger partial charge in [0.05, 0.1) is 25.4 Å². The fourth-order valence-corrected chi connectivity index (χ4v) is 5.01. The lowest BCUT2D eigenvalue weighted by Crippen LogP contribution is -2.35. The summed E-state index contributed by atoms with van der Waals surface area (Å²) in [5.74, 6) is 1.61. The highest BCUT2D eigenvalue weighted by Crippen LogP contribution is 2.40. The minimum absolute atomic E-state index is 0.0589. The summed E-state index contributed by atoms with van der Waals surface area (Å²) in [6.07, 6.45) is 5.04. The van der Waals surface area contributed by atoms with Gasteiger partial charge in [-0.3, -0.25) is 4.79 Å². The largest absolute Gasteiger partial charge is 0.494 e. The number of amides is 1. The number of methoxy groups -OCH3 is 2. The number of H-pyrrole nitrogens is 1. The van der Waals surface area contributed by atoms with Crippen molar-refractivity contribution < 1.29 is 22.7 Å². The fraction of sp³-hybridized carbons (Fsp3) is 0.435. The fourth-order valence-electron chi connectivity index (χ4n) is 4.34. The van der Waals surface area contributed by atoms with Crippen molar-refractivity contribution >= 4 is 38.3 Å². The highest BCUT2D eigenvalue weighted by atomic mass is 32.2. The molecule has 34 heavy (non-hydrogen) atoms. The van der Waals surface area contributed by atoms with Gasteiger partial charge in [0.1, 0.15) is 44.8 Å². The number of hydrogen-bond acceptors (Lipinski definition) is 8. The van der Waals surface area contributed by atoms with Crippen LogP contribution in [0.25, 0.3) is 11.0 Å². The molecule has 4 rings (SSSR count). The van der Waals surface area contributed by atoms with Crippen LogP contribution in [0.4, 0.5) is 11.5 Å². The Morgan fingerprint density at radius 2 is 1.94 bits per heavy atom. The third kappa shape index (κ3) is 5.09. The van der Waals surface area contributed by atoms with Crippen molar-refractivity contribution in [3.05, 3.63) is 35.8 Å². The normalized spacial score (nSPS) is 15.6. The number of sulfone groups is 1. The number of fused-ring (bicyclic) bond motifs is 3. The first-order valence-corrected chi connectivity index (χ1v) is 13.1. The number of aromatic amines is 1. The molecule has 10 nitrogen and oxygen atoms in total. The van der Waals surface area contributed by atoms with Gasteiger partial charge in [0.25, 0.3) is 0 Å². The Balaban J connectivity index is 1.58. The van der Waals surface area contributed by atoms with E-state index in [0.717, 1.165) is 16.6 Å². The summed E-state index contributed by atoms with van der Waals surface area (Å²) in [5.41, 5.74) is 3.41. The van der Waals surface area contributed by atoms with Crippen LogP contribution in [0.1, 0.15) is 24.1 Å². The van der Waals surface area contributed by atoms with Gasteiger partial charge in [-0.05, 0) is 43.4 Å². The van der Waals surface area contributed by atoms with E-state index in [-0.39, 0.29) is 17.6 Å². The molecule has 0 spiro atoms. The van der Waals surface area contributed by atoms with Crippen molar-refractivity contribution in [1.82, 2.24) is 20.3 Å². The Kier molecular flexibility index (Phi) is 6.92. The van der Waals surface area contributed by atoms with Crippen LogP contribution >= 0.6 is 0 Å². The maximum absolute atomic E-state index is 12.8. The minimum atomic E-state index is -3.04. The number of carbonyl (C=O) groups is 1. The minimum Gasteiger partial charge on any atom is -0.494 e. The molecular weight excluding hydrogens is 458 g/mol. The van der Waals surface area contributed by atoms with Crippen LogP contribution in [0.3, 0.4) is 0 Å². The smallest absolute Gasteiger partial charge is 0.223 e. The van der Waals surface area contributed by atoms with Crippen LogP contribution in [-0.2, 0) is 27.5 Å². The van der Waals surface area contributed by atoms with Crippen molar-refractivity contribution in [2.45, 2.75) is 25.7 Å². The predicted octanol–water partition coefficient (Wildman–Crippen LogP) is 2.37. The lowest BCUT2D eigenvalue weighted by Gasteiger charge is -2.22. The molecule has 2 heterocycles. The van der Waals surface area contributed by atoms with Gasteiger partial charge in [0.15, 0.2) is 0 Å². The molecule has 1 atom stereocenters. The molecule has 0 saturated carbocycles. The lowest BCUT2D eigenvalue weighted by molar-refractivity contribution is -0.125. The first-order chi connectivity index (χ1) is 16.3. The Morgan fingerprint density at radius 1 is 1.21 bits per heavy atom. The summed E-state index contributed by atoms with van der Waals surface area (Å²) < 4.78 is 33.6. The number of aromatic nitrogens is 3. The maximum Gasteiger partial charge on any atom is 0.223 e. The third-order valence-corrected chi connectivity index (χ3v) is 7.04. The second-order valence-corrected chi connectivity index (χ2v) is 10.7. The molecule has 3 N–H and O–H groups in total. The van der Waals surface area contributed by atoms with Crippen LogP contribution in [0.15, 0.2) is 24.5 Å². The molecular formula is C23H29N5O5S. The lowest BCUT2D eigenvalue weighted by atomic mass is 9.86. The van der Waals surface area contributed by atoms with E-state index in [1.165, 1.54) is 12.6 Å². The van der Waals surface area contributed by atoms with Crippen LogP contribution in [-0.4, -0.2) is 62.0 Å². The van der Waals surface area contributed by atoms with Gasteiger partial charge in [-0.15, -0.1) is 0 Å². The van der Waals surface area contributed by atoms with Crippen LogP contribution < -0.4 is 20.1 Å². The molecule has 0 saturated heterocycles. The monoisotopic (exact) mass is 487 g/mol. The van der Waals surface area contributed by atoms with E-state index in [1.54, 1.807) is 14.2 Å². The number of nitrogens with one attached hydrogen (secondary N) is 3. The Bertz CT molecular complexity index is 1280. The van der Waals surface area contributed by atoms with Crippen molar-refractivity contribution in [2.75, 3.05) is 38.1 Å². The summed E-state index contributed by atoms with van der Waals surface area (Å²) in [7, 11) is 0.142. The number of nitrogens with zero attached hydrogens (tertiary/aromatic N) is 2. The number of carbonyl (C=O) groups excluding carboxylic acids is 1. The molecule has 0 radical (unpaired) electrons. The Hall–Kier alpha value is -3.34. The van der Waals surface area contributed by atoms with Gasteiger partial charge in [-0.25, -0.2) is 18.4 Å². The highest BCUT2D eigenvalue weighted by molar-refractivity contribution is 7.90. The predicted molar refractivity (Wildman–Crippen MR) is 130 cm³/mol. The summed E-state index contributed by atoms with van der Waals surface area (Å²) >= 11 is 0. The zero-order chi connectivity index (χ0) is 24.3. The number of anilines is 2. The zero-order valence-electron chi connectivity index (χ0n) is 19.5. The number of benzene rings is 1. The SMILES string of the molecule is COc1cccc(OC)c1Nc1ncnc2[nH]c3c(c12)C[C@@H](C(=O)NCCCS(C)(=O)=O)CC3. The van der Waals surface area contributed by atoms with Gasteiger partial charge in [-0.2, -0.15) is 0 Å². The molecule has 0 bridgehead atoms. The zero-order valence-corrected chi connectivity index (χ0v) is 20.3. The van der Waals surface area contributed by atoms with Crippen LogP contribution in [0.2, 0.25) is 0 Å². The second kappa shape index (κ2) is 9.88. The van der Waals surface area contributed by atoms with Crippen molar-refractivity contribution in [3.63, 3.8) is 0 Å². The quantitative estimate of drug-likeness (QED) is 0.392. The van der Waals surface area contributed by atoms with Gasteiger partial charge < -0.3 is 25.1 Å². The average molecular weight is 488 g/mol. The summed E-state index contributed by atoms with van der Waals surface area (Å²) in [6, 6.07) is 5.51. The van der Waals surface area contributed by atoms with Gasteiger partial charge in [-0.1, -0.05) is 6.07 Å². The molecule has 1 amide bonds. The summed E-state index contributed by atoms with van der Waals surface area (Å²) in [4.78, 5) is 25.0. The van der Waals surface area contributed by atoms with E-state index in [0.29, 0.717) is 60.9 Å². The van der Waals surface area contributed by atoms with E-state index in [1.807, 2.05) is 18.2 Å². The van der Waals surface area contributed by atoms with Gasteiger partial charge >= 0.3 is 0 Å². The third-order valence-electron chi connectivity index (χ3n) is 6.01. The standard InChI is InChI=1S/C23H29N5O5S/c1-32-17-6-4-7-18(33-2)20(17)28-22-19-15-12-14(23(29)24-10-5-11-34(3,30)31)8-9-16(15)27-21(19)25-13-26-22/h4,6-7,13-14H,5,8-12H2,1-3H3,(H,24,29)(H2,25,26,27,28)/t14-/m0/s1. The average Bonchev–Trinajstić information content (AvgIpc) is 3.20. The maximum atomic E-state index is 12.8. The molecule has 182 valence electrons. The number of hydrogen-bond donors (Lipinski definition) is 3. The summed E-state index contributed by atoms with van der Waals surface area (Å²) in [5, 5.41) is 7.06. The molecule has 1 aliphatic carbocycles. The molecule has 11 heteroatoms. The van der Waals surface area contributed by atoms with E-state index in [2.05, 4.69) is 25.6 Å². The molecule has 0 fully saturated rings. The van der Waals surface area contributed by atoms with Gasteiger partial charge in [0.2, 0.25) is 5.91 Å². The molecule has 0 aliphatic heterocycles. The molecule has 3 aromatic rings. The Morgan fingerprint density at radius 3 is 2.62 bits per heavy atom. The first-order valence-electron chi connectivity index (χ1n) is 11.1. The summed E-state index contributed by atoms with van der Waals surface area (Å²) in [6.45, 7) is 0.340. The first kappa shape index (κ1) is 23.8. The van der Waals surface area contributed by atoms with Crippen molar-refractivity contribution in [1.29, 1.82) is 0 Å². The van der Waals surface area contributed by atoms with Crippen molar-refractivity contribution in [2.24, 2.45) is 5.92 Å². The number of para-hydroxylation sites is 1. The molecule has 2 aromatic heterocycles. The second-order valence-electron chi connectivity index (χ2n) is 8.40.